The van der Waals surface area contributed by atoms with E-state index in [4.69, 9.17) is 9.97 Å². The minimum Gasteiger partial charge on any atom is -0.581 e. The molecule has 2 unspecified atom stereocenters. The maximum atomic E-state index is 4.89. The Bertz CT molecular complexity index is 3490. The molecule has 2 aliphatic heterocycles. The first kappa shape index (κ1) is 44.4. The van der Waals surface area contributed by atoms with Gasteiger partial charge < -0.3 is 20.4 Å². The molecule has 16 heteroatoms. The summed E-state index contributed by atoms with van der Waals surface area (Å²) in [7, 11) is 3.82. The van der Waals surface area contributed by atoms with Crippen molar-refractivity contribution in [2.45, 2.75) is 10.8 Å². The average Bonchev–Trinajstić information content (AvgIpc) is 4.28. The molecule has 2 atom stereocenters. The summed E-state index contributed by atoms with van der Waals surface area (Å²) in [4.78, 5) is 27.7. The molecule has 4 aromatic carbocycles. The van der Waals surface area contributed by atoms with E-state index in [1.807, 2.05) is 93.3 Å². The number of benzene rings is 4. The number of pyridine rings is 2. The van der Waals surface area contributed by atoms with Gasteiger partial charge >= 0.3 is 77.4 Å². The number of hydrogen-bond acceptors (Lipinski definition) is 8. The van der Waals surface area contributed by atoms with E-state index >= 15 is 0 Å². The second kappa shape index (κ2) is 17.4. The zero-order valence-electron chi connectivity index (χ0n) is 37.1. The van der Waals surface area contributed by atoms with Crippen LogP contribution in [0.3, 0.4) is 0 Å². The van der Waals surface area contributed by atoms with Crippen molar-refractivity contribution >= 4 is 46.7 Å². The van der Waals surface area contributed by atoms with E-state index in [9.17, 15) is 0 Å². The van der Waals surface area contributed by atoms with Gasteiger partial charge in [0.15, 0.2) is 12.4 Å². The van der Waals surface area contributed by atoms with Crippen LogP contribution in [0.4, 0.5) is 34.6 Å². The van der Waals surface area contributed by atoms with E-state index in [-0.39, 0.29) is 42.1 Å². The summed E-state index contributed by atoms with van der Waals surface area (Å²) >= 11 is 0. The molecule has 4 aliphatic rings. The monoisotopic (exact) mass is 1270 g/mol. The summed E-state index contributed by atoms with van der Waals surface area (Å²) in [6.45, 7) is 0. The van der Waals surface area contributed by atoms with Crippen LogP contribution in [0.5, 0.6) is 0 Å². The van der Waals surface area contributed by atoms with E-state index in [0.29, 0.717) is 11.6 Å². The van der Waals surface area contributed by atoms with E-state index in [1.165, 1.54) is 0 Å². The van der Waals surface area contributed by atoms with Gasteiger partial charge in [-0.25, -0.2) is 0 Å². The molecule has 0 saturated heterocycles. The molecule has 2 aliphatic carbocycles. The van der Waals surface area contributed by atoms with Crippen LogP contribution in [0.1, 0.15) is 45.0 Å². The first-order valence-corrected chi connectivity index (χ1v) is 21.8. The Morgan fingerprint density at radius 3 is 1.27 bits per heavy atom. The third-order valence-corrected chi connectivity index (χ3v) is 13.0. The van der Waals surface area contributed by atoms with Crippen LogP contribution < -0.4 is 19.3 Å². The van der Waals surface area contributed by atoms with Gasteiger partial charge in [-0.15, -0.1) is 53.7 Å². The normalized spacial score (nSPS) is 17.1. The standard InChI is InChI=1S/2C27H17N7.2Pt/c2*1-33-17-34(26-25(33)29-14-15-30-26)19-7-4-6-18(16-19)27(23-11-13-31-32-23)22-10-3-2-8-20(22)21-9-5-12-28-24(21)27;;/h2*2-15H,1H3;;/q;;2*+2. The zero-order valence-corrected chi connectivity index (χ0v) is 41.6. The van der Waals surface area contributed by atoms with Crippen LogP contribution in [0.2, 0.25) is 0 Å². The van der Waals surface area contributed by atoms with Crippen LogP contribution in [0.25, 0.3) is 22.3 Å². The summed E-state index contributed by atoms with van der Waals surface area (Å²) in [5, 5.41) is 17.5. The van der Waals surface area contributed by atoms with E-state index < -0.39 is 10.8 Å². The molecule has 0 radical (unpaired) electrons. The van der Waals surface area contributed by atoms with Gasteiger partial charge in [-0.3, -0.25) is 9.97 Å². The Labute approximate surface area is 429 Å². The maximum Gasteiger partial charge on any atom is 2.00 e. The smallest absolute Gasteiger partial charge is 0.581 e. The summed E-state index contributed by atoms with van der Waals surface area (Å²) < 4.78 is 7.44. The fraction of sp³-hybridized carbons (Fsp3) is 0.0741. The van der Waals surface area contributed by atoms with E-state index in [2.05, 4.69) is 137 Å². The van der Waals surface area contributed by atoms with Crippen LogP contribution in [0.15, 0.2) is 171 Å². The van der Waals surface area contributed by atoms with E-state index in [1.54, 1.807) is 37.2 Å². The van der Waals surface area contributed by atoms with Crippen molar-refractivity contribution in [2.24, 2.45) is 0 Å². The van der Waals surface area contributed by atoms with Gasteiger partial charge in [-0.05, 0) is 34.4 Å². The number of fused-ring (bicyclic) bond motifs is 8. The molecule has 70 heavy (non-hydrogen) atoms. The number of hydrogen-bond donors (Lipinski definition) is 0. The maximum absolute atomic E-state index is 4.89. The summed E-state index contributed by atoms with van der Waals surface area (Å²) in [5.41, 5.74) is 12.2. The molecule has 336 valence electrons. The summed E-state index contributed by atoms with van der Waals surface area (Å²) in [6, 6.07) is 55.1. The molecule has 14 rings (SSSR count). The van der Waals surface area contributed by atoms with Gasteiger partial charge in [-0.2, -0.15) is 46.6 Å². The first-order valence-electron chi connectivity index (χ1n) is 21.8. The Hall–Kier alpha value is -8.10. The van der Waals surface area contributed by atoms with Crippen molar-refractivity contribution in [1.82, 2.24) is 59.4 Å². The topological polar surface area (TPSA) is 143 Å². The molecular weight excluding hydrogens is 1230 g/mol. The fourth-order valence-corrected chi connectivity index (χ4v) is 10.3. The van der Waals surface area contributed by atoms with E-state index in [0.717, 1.165) is 90.3 Å². The Morgan fingerprint density at radius 2 is 0.843 bits per heavy atom. The Morgan fingerprint density at radius 1 is 0.429 bits per heavy atom. The van der Waals surface area contributed by atoms with Crippen molar-refractivity contribution in [1.29, 1.82) is 0 Å². The van der Waals surface area contributed by atoms with Crippen molar-refractivity contribution in [2.75, 3.05) is 14.1 Å². The van der Waals surface area contributed by atoms with Crippen molar-refractivity contribution in [3.8, 4) is 22.3 Å². The van der Waals surface area contributed by atoms with Crippen LogP contribution in [0, 0.1) is 12.1 Å². The number of rotatable bonds is 6. The molecular formula is C54H34N14Pt2+4. The van der Waals surface area contributed by atoms with Gasteiger partial charge in [0.1, 0.15) is 14.1 Å². The summed E-state index contributed by atoms with van der Waals surface area (Å²) in [5.74, 6) is 2.92. The van der Waals surface area contributed by atoms with Gasteiger partial charge in [0.2, 0.25) is 0 Å². The average molecular weight is 1270 g/mol. The van der Waals surface area contributed by atoms with Crippen LogP contribution in [-0.2, 0) is 53.0 Å². The minimum atomic E-state index is -0.740. The molecule has 10 aromatic rings. The molecule has 0 spiro atoms. The third-order valence-electron chi connectivity index (χ3n) is 13.0. The van der Waals surface area contributed by atoms with Crippen molar-refractivity contribution in [3.05, 3.63) is 228 Å². The fourth-order valence-electron chi connectivity index (χ4n) is 10.3. The molecule has 8 heterocycles. The van der Waals surface area contributed by atoms with Crippen LogP contribution >= 0.6 is 0 Å². The Kier molecular flexibility index (Phi) is 11.1. The molecule has 0 bridgehead atoms. The SMILES string of the molecule is C[N+]1=C=[N+](c2[c-]c(C3(c4cc[n-]n4)c4ccccc4-c4cccnc43)ccc2)c2nccnc21.C[N+]1=C=[N+](c2[c-]c(C3(c4cc[n-]n4)c4ccccc4-c4cccnc43)ccc2)c2nccnc21.[Pt+2].[Pt+2]. The van der Waals surface area contributed by atoms with Crippen molar-refractivity contribution < 1.29 is 51.3 Å². The van der Waals surface area contributed by atoms with Crippen LogP contribution in [-0.4, -0.2) is 75.4 Å². The predicted molar refractivity (Wildman–Crippen MR) is 252 cm³/mol. The van der Waals surface area contributed by atoms with Gasteiger partial charge in [-0.1, -0.05) is 72.8 Å². The Balaban J connectivity index is 0.000000148. The largest absolute Gasteiger partial charge is 2.00 e. The number of nitrogens with zero attached hydrogens (tertiary/aromatic N) is 14. The van der Waals surface area contributed by atoms with Gasteiger partial charge in [0.25, 0.3) is 0 Å². The second-order valence-corrected chi connectivity index (χ2v) is 16.5. The van der Waals surface area contributed by atoms with Gasteiger partial charge in [0.05, 0.1) is 46.0 Å². The third kappa shape index (κ3) is 6.42. The molecule has 0 N–H and O–H groups in total. The van der Waals surface area contributed by atoms with Crippen molar-refractivity contribution in [3.63, 3.8) is 0 Å². The van der Waals surface area contributed by atoms with Gasteiger partial charge in [0, 0.05) is 44.9 Å². The predicted octanol–water partition coefficient (Wildman–Crippen LogP) is 7.36. The minimum absolute atomic E-state index is 0. The number of aromatic nitrogens is 10. The molecule has 0 amide bonds. The molecule has 0 saturated carbocycles. The quantitative estimate of drug-likeness (QED) is 0.122. The first-order chi connectivity index (χ1) is 33.6. The zero-order chi connectivity index (χ0) is 45.4. The molecule has 0 fully saturated rings. The molecule has 14 nitrogen and oxygen atoms in total. The summed E-state index contributed by atoms with van der Waals surface area (Å²) in [6.07, 6.45) is 13.9. The second-order valence-electron chi connectivity index (χ2n) is 16.5. The molecule has 6 aromatic heterocycles.